The van der Waals surface area contributed by atoms with Crippen LogP contribution in [-0.4, -0.2) is 14.5 Å². The van der Waals surface area contributed by atoms with Crippen molar-refractivity contribution >= 4 is 27.3 Å². The third-order valence-electron chi connectivity index (χ3n) is 2.92. The molecule has 0 aromatic heterocycles. The van der Waals surface area contributed by atoms with Gasteiger partial charge in [-0.2, -0.15) is 0 Å². The molecule has 0 bridgehead atoms. The molecule has 1 fully saturated rings. The van der Waals surface area contributed by atoms with Crippen LogP contribution in [0.1, 0.15) is 25.7 Å². The molecular formula is C11H15ClN2O2S. The van der Waals surface area contributed by atoms with Crippen LogP contribution in [0.2, 0.25) is 5.02 Å². The lowest BCUT2D eigenvalue weighted by molar-refractivity contribution is 0.552. The van der Waals surface area contributed by atoms with Gasteiger partial charge in [0.05, 0.1) is 5.02 Å². The second-order valence-corrected chi connectivity index (χ2v) is 6.38. The van der Waals surface area contributed by atoms with E-state index in [1.807, 2.05) is 0 Å². The predicted molar refractivity (Wildman–Crippen MR) is 68.4 cm³/mol. The first kappa shape index (κ1) is 12.7. The van der Waals surface area contributed by atoms with Gasteiger partial charge in [0.1, 0.15) is 4.90 Å². The van der Waals surface area contributed by atoms with Gasteiger partial charge in [-0.15, -0.1) is 0 Å². The van der Waals surface area contributed by atoms with Crippen molar-refractivity contribution in [2.45, 2.75) is 36.6 Å². The van der Waals surface area contributed by atoms with Crippen LogP contribution in [-0.2, 0) is 10.0 Å². The molecular weight excluding hydrogens is 260 g/mol. The quantitative estimate of drug-likeness (QED) is 0.830. The second-order valence-electron chi connectivity index (χ2n) is 4.29. The normalized spacial score (nSPS) is 17.5. The monoisotopic (exact) mass is 274 g/mol. The average Bonchev–Trinajstić information content (AvgIpc) is 2.73. The molecule has 1 aliphatic carbocycles. The van der Waals surface area contributed by atoms with Gasteiger partial charge < -0.3 is 5.73 Å². The molecule has 0 atom stereocenters. The van der Waals surface area contributed by atoms with E-state index in [1.165, 1.54) is 12.1 Å². The summed E-state index contributed by atoms with van der Waals surface area (Å²) >= 11 is 5.89. The van der Waals surface area contributed by atoms with E-state index >= 15 is 0 Å². The Kier molecular flexibility index (Phi) is 3.61. The van der Waals surface area contributed by atoms with Crippen LogP contribution >= 0.6 is 11.6 Å². The highest BCUT2D eigenvalue weighted by Crippen LogP contribution is 2.26. The Balaban J connectivity index is 2.27. The molecule has 94 valence electrons. The number of hydrogen-bond donors (Lipinski definition) is 2. The summed E-state index contributed by atoms with van der Waals surface area (Å²) in [5, 5.41) is 0.199. The van der Waals surface area contributed by atoms with Crippen molar-refractivity contribution in [3.63, 3.8) is 0 Å². The lowest BCUT2D eigenvalue weighted by atomic mass is 10.3. The van der Waals surface area contributed by atoms with Crippen molar-refractivity contribution in [2.24, 2.45) is 0 Å². The number of rotatable bonds is 3. The number of anilines is 1. The predicted octanol–water partition coefficient (Wildman–Crippen LogP) is 2.14. The maximum Gasteiger partial charge on any atom is 0.242 e. The Hall–Kier alpha value is -0.780. The van der Waals surface area contributed by atoms with Crippen LogP contribution in [0.15, 0.2) is 23.1 Å². The number of nitrogens with two attached hydrogens (primary N) is 1. The summed E-state index contributed by atoms with van der Waals surface area (Å²) in [4.78, 5) is 0.0612. The highest BCUT2D eigenvalue weighted by molar-refractivity contribution is 7.89. The van der Waals surface area contributed by atoms with E-state index in [9.17, 15) is 8.42 Å². The zero-order chi connectivity index (χ0) is 12.5. The molecule has 0 aliphatic heterocycles. The number of halogens is 1. The van der Waals surface area contributed by atoms with Gasteiger partial charge in [0.15, 0.2) is 0 Å². The zero-order valence-electron chi connectivity index (χ0n) is 9.32. The fourth-order valence-corrected chi connectivity index (χ4v) is 3.89. The zero-order valence-corrected chi connectivity index (χ0v) is 10.9. The van der Waals surface area contributed by atoms with Crippen molar-refractivity contribution in [3.05, 3.63) is 23.2 Å². The Labute approximate surface area is 106 Å². The first-order valence-corrected chi connectivity index (χ1v) is 7.42. The van der Waals surface area contributed by atoms with E-state index in [0.717, 1.165) is 25.7 Å². The lowest BCUT2D eigenvalue weighted by Crippen LogP contribution is -2.32. The molecule has 0 saturated heterocycles. The van der Waals surface area contributed by atoms with Crippen LogP contribution in [0.5, 0.6) is 0 Å². The van der Waals surface area contributed by atoms with Crippen LogP contribution in [0.25, 0.3) is 0 Å². The molecule has 17 heavy (non-hydrogen) atoms. The lowest BCUT2D eigenvalue weighted by Gasteiger charge is -2.13. The van der Waals surface area contributed by atoms with Gasteiger partial charge in [0, 0.05) is 11.7 Å². The first-order valence-electron chi connectivity index (χ1n) is 5.56. The topological polar surface area (TPSA) is 72.2 Å². The minimum Gasteiger partial charge on any atom is -0.399 e. The number of sulfonamides is 1. The van der Waals surface area contributed by atoms with Crippen molar-refractivity contribution in [1.29, 1.82) is 0 Å². The fourth-order valence-electron chi connectivity index (χ4n) is 2.05. The molecule has 6 heteroatoms. The third-order valence-corrected chi connectivity index (χ3v) is 4.92. The average molecular weight is 275 g/mol. The summed E-state index contributed by atoms with van der Waals surface area (Å²) in [5.41, 5.74) is 5.97. The van der Waals surface area contributed by atoms with Crippen LogP contribution in [0.4, 0.5) is 5.69 Å². The number of hydrogen-bond acceptors (Lipinski definition) is 3. The van der Waals surface area contributed by atoms with Gasteiger partial charge in [0.25, 0.3) is 0 Å². The molecule has 1 aromatic rings. The summed E-state index contributed by atoms with van der Waals surface area (Å²) < 4.78 is 26.9. The van der Waals surface area contributed by atoms with Gasteiger partial charge >= 0.3 is 0 Å². The Morgan fingerprint density at radius 1 is 1.29 bits per heavy atom. The highest BCUT2D eigenvalue weighted by Gasteiger charge is 2.24. The summed E-state index contributed by atoms with van der Waals surface area (Å²) in [6.45, 7) is 0. The summed E-state index contributed by atoms with van der Waals surface area (Å²) in [6.07, 6.45) is 3.91. The number of nitrogens with one attached hydrogen (secondary N) is 1. The maximum absolute atomic E-state index is 12.1. The Morgan fingerprint density at radius 2 is 1.94 bits per heavy atom. The van der Waals surface area contributed by atoms with Crippen molar-refractivity contribution in [1.82, 2.24) is 4.72 Å². The van der Waals surface area contributed by atoms with Crippen molar-refractivity contribution in [2.75, 3.05) is 5.73 Å². The van der Waals surface area contributed by atoms with E-state index in [-0.39, 0.29) is 16.0 Å². The van der Waals surface area contributed by atoms with E-state index in [1.54, 1.807) is 6.07 Å². The molecule has 2 rings (SSSR count). The van der Waals surface area contributed by atoms with Gasteiger partial charge in [-0.3, -0.25) is 0 Å². The third kappa shape index (κ3) is 2.91. The first-order chi connectivity index (χ1) is 7.99. The van der Waals surface area contributed by atoms with Crippen molar-refractivity contribution in [3.8, 4) is 0 Å². The summed E-state index contributed by atoms with van der Waals surface area (Å²) in [5.74, 6) is 0. The maximum atomic E-state index is 12.1. The fraction of sp³-hybridized carbons (Fsp3) is 0.455. The minimum absolute atomic E-state index is 0.0255. The number of benzene rings is 1. The molecule has 0 amide bonds. The van der Waals surface area contributed by atoms with Crippen LogP contribution in [0.3, 0.4) is 0 Å². The van der Waals surface area contributed by atoms with E-state index < -0.39 is 10.0 Å². The minimum atomic E-state index is -3.56. The summed E-state index contributed by atoms with van der Waals surface area (Å²) in [7, 11) is -3.56. The molecule has 0 spiro atoms. The Morgan fingerprint density at radius 3 is 2.59 bits per heavy atom. The SMILES string of the molecule is Nc1ccc(Cl)c(S(=O)(=O)NC2CCCC2)c1. The molecule has 1 saturated carbocycles. The van der Waals surface area contributed by atoms with Gasteiger partial charge in [0.2, 0.25) is 10.0 Å². The number of nitrogen functional groups attached to an aromatic ring is 1. The van der Waals surface area contributed by atoms with E-state index in [0.29, 0.717) is 5.69 Å². The largest absolute Gasteiger partial charge is 0.399 e. The van der Waals surface area contributed by atoms with E-state index in [2.05, 4.69) is 4.72 Å². The molecule has 1 aromatic carbocycles. The molecule has 0 radical (unpaired) electrons. The second kappa shape index (κ2) is 4.84. The van der Waals surface area contributed by atoms with Gasteiger partial charge in [-0.05, 0) is 31.0 Å². The van der Waals surface area contributed by atoms with Crippen molar-refractivity contribution < 1.29 is 8.42 Å². The molecule has 4 nitrogen and oxygen atoms in total. The smallest absolute Gasteiger partial charge is 0.242 e. The molecule has 1 aliphatic rings. The van der Waals surface area contributed by atoms with Gasteiger partial charge in [-0.1, -0.05) is 24.4 Å². The standard InChI is InChI=1S/C11H15ClN2O2S/c12-10-6-5-8(13)7-11(10)17(15,16)14-9-3-1-2-4-9/h5-7,9,14H,1-4,13H2. The summed E-state index contributed by atoms with van der Waals surface area (Å²) in [6, 6.07) is 4.49. The van der Waals surface area contributed by atoms with E-state index in [4.69, 9.17) is 17.3 Å². The molecule has 0 heterocycles. The van der Waals surface area contributed by atoms with Crippen LogP contribution in [0, 0.1) is 0 Å². The highest BCUT2D eigenvalue weighted by atomic mass is 35.5. The van der Waals surface area contributed by atoms with Gasteiger partial charge in [-0.25, -0.2) is 13.1 Å². The molecule has 3 N–H and O–H groups in total. The Bertz CT molecular complexity index is 510. The molecule has 0 unspecified atom stereocenters. The van der Waals surface area contributed by atoms with Crippen LogP contribution < -0.4 is 10.5 Å².